The Hall–Kier alpha value is -2.93. The minimum absolute atomic E-state index is 0.0700. The van der Waals surface area contributed by atoms with Crippen LogP contribution in [0.15, 0.2) is 36.4 Å². The SMILES string of the molecule is CCc1nc2cc([N+](=O)[O-])c(Cl)cc2n1-c1ccc(CCC(C)C(=O)O)cc1. The van der Waals surface area contributed by atoms with E-state index in [9.17, 15) is 14.9 Å². The highest BCUT2D eigenvalue weighted by Gasteiger charge is 2.19. The van der Waals surface area contributed by atoms with Crippen LogP contribution in [-0.4, -0.2) is 25.6 Å². The Balaban J connectivity index is 1.97. The van der Waals surface area contributed by atoms with Crippen LogP contribution in [0.4, 0.5) is 5.69 Å². The van der Waals surface area contributed by atoms with E-state index in [1.54, 1.807) is 13.0 Å². The zero-order valence-corrected chi connectivity index (χ0v) is 16.3. The van der Waals surface area contributed by atoms with E-state index in [1.165, 1.54) is 6.07 Å². The Morgan fingerprint density at radius 1 is 1.32 bits per heavy atom. The third kappa shape index (κ3) is 3.84. The minimum atomic E-state index is -0.792. The second-order valence-electron chi connectivity index (χ2n) is 6.71. The van der Waals surface area contributed by atoms with E-state index in [0.29, 0.717) is 30.3 Å². The molecule has 1 heterocycles. The lowest BCUT2D eigenvalue weighted by molar-refractivity contribution is -0.384. The number of carboxylic acids is 1. The van der Waals surface area contributed by atoms with Gasteiger partial charge in [0.15, 0.2) is 0 Å². The Kier molecular flexibility index (Phi) is 5.65. The van der Waals surface area contributed by atoms with Gasteiger partial charge in [-0.3, -0.25) is 19.5 Å². The maximum Gasteiger partial charge on any atom is 0.306 e. The number of nitro groups is 1. The Bertz CT molecular complexity index is 1040. The number of aryl methyl sites for hydroxylation is 2. The van der Waals surface area contributed by atoms with E-state index < -0.39 is 10.9 Å². The number of nitrogens with zero attached hydrogens (tertiary/aromatic N) is 3. The van der Waals surface area contributed by atoms with Gasteiger partial charge in [-0.2, -0.15) is 0 Å². The van der Waals surface area contributed by atoms with E-state index >= 15 is 0 Å². The van der Waals surface area contributed by atoms with Crippen LogP contribution in [0.3, 0.4) is 0 Å². The van der Waals surface area contributed by atoms with Crippen molar-refractivity contribution in [2.24, 2.45) is 5.92 Å². The maximum atomic E-state index is 11.1. The highest BCUT2D eigenvalue weighted by molar-refractivity contribution is 6.33. The molecule has 0 saturated heterocycles. The molecule has 1 unspecified atom stereocenters. The fourth-order valence-electron chi connectivity index (χ4n) is 3.12. The first-order chi connectivity index (χ1) is 13.3. The quantitative estimate of drug-likeness (QED) is 0.452. The lowest BCUT2D eigenvalue weighted by Crippen LogP contribution is -2.10. The molecule has 0 spiro atoms. The van der Waals surface area contributed by atoms with Gasteiger partial charge in [0, 0.05) is 18.2 Å². The van der Waals surface area contributed by atoms with Crippen molar-refractivity contribution in [1.29, 1.82) is 0 Å². The van der Waals surface area contributed by atoms with Crippen LogP contribution >= 0.6 is 11.6 Å². The largest absolute Gasteiger partial charge is 0.481 e. The van der Waals surface area contributed by atoms with Crippen LogP contribution in [0.1, 0.15) is 31.7 Å². The van der Waals surface area contributed by atoms with E-state index in [4.69, 9.17) is 16.7 Å². The topological polar surface area (TPSA) is 98.3 Å². The van der Waals surface area contributed by atoms with Crippen LogP contribution in [0, 0.1) is 16.0 Å². The normalized spacial score (nSPS) is 12.2. The molecule has 0 fully saturated rings. The number of nitro benzene ring substituents is 1. The Morgan fingerprint density at radius 2 is 2.00 bits per heavy atom. The summed E-state index contributed by atoms with van der Waals surface area (Å²) in [6, 6.07) is 10.8. The second kappa shape index (κ2) is 7.98. The molecule has 0 radical (unpaired) electrons. The summed E-state index contributed by atoms with van der Waals surface area (Å²) in [5.74, 6) is -0.402. The molecular formula is C20H20ClN3O4. The molecule has 0 aliphatic heterocycles. The van der Waals surface area contributed by atoms with Gasteiger partial charge in [-0.05, 0) is 36.6 Å². The predicted octanol–water partition coefficient (Wildman–Crippen LogP) is 4.80. The third-order valence-electron chi connectivity index (χ3n) is 4.79. The molecule has 1 aromatic heterocycles. The van der Waals surface area contributed by atoms with Crippen molar-refractivity contribution < 1.29 is 14.8 Å². The van der Waals surface area contributed by atoms with E-state index in [2.05, 4.69) is 4.98 Å². The van der Waals surface area contributed by atoms with Gasteiger partial charge >= 0.3 is 5.97 Å². The van der Waals surface area contributed by atoms with Crippen molar-refractivity contribution in [3.63, 3.8) is 0 Å². The standard InChI is InChI=1S/C20H20ClN3O4/c1-3-19-22-16-11-17(24(27)28)15(21)10-18(16)23(19)14-8-6-13(7-9-14)5-4-12(2)20(25)26/h6-12H,3-5H2,1-2H3,(H,25,26). The average Bonchev–Trinajstić information content (AvgIpc) is 3.02. The first-order valence-corrected chi connectivity index (χ1v) is 9.37. The average molecular weight is 402 g/mol. The maximum absolute atomic E-state index is 11.1. The Morgan fingerprint density at radius 3 is 2.57 bits per heavy atom. The molecule has 0 aliphatic rings. The third-order valence-corrected chi connectivity index (χ3v) is 5.09. The summed E-state index contributed by atoms with van der Waals surface area (Å²) in [7, 11) is 0. The molecule has 1 atom stereocenters. The summed E-state index contributed by atoms with van der Waals surface area (Å²) >= 11 is 6.10. The number of fused-ring (bicyclic) bond motifs is 1. The van der Waals surface area contributed by atoms with Crippen molar-refractivity contribution >= 4 is 34.3 Å². The molecule has 3 aromatic rings. The Labute approximate surface area is 166 Å². The molecule has 2 aromatic carbocycles. The zero-order chi connectivity index (χ0) is 20.4. The van der Waals surface area contributed by atoms with Crippen LogP contribution in [-0.2, 0) is 17.6 Å². The summed E-state index contributed by atoms with van der Waals surface area (Å²) in [5, 5.41) is 20.2. The van der Waals surface area contributed by atoms with Gasteiger partial charge in [0.05, 0.1) is 21.9 Å². The predicted molar refractivity (Wildman–Crippen MR) is 107 cm³/mol. The molecule has 1 N–H and O–H groups in total. The van der Waals surface area contributed by atoms with Crippen molar-refractivity contribution in [2.45, 2.75) is 33.1 Å². The smallest absolute Gasteiger partial charge is 0.306 e. The van der Waals surface area contributed by atoms with Gasteiger partial charge in [0.1, 0.15) is 10.8 Å². The zero-order valence-electron chi connectivity index (χ0n) is 15.6. The number of hydrogen-bond acceptors (Lipinski definition) is 4. The van der Waals surface area contributed by atoms with Crippen molar-refractivity contribution in [1.82, 2.24) is 9.55 Å². The van der Waals surface area contributed by atoms with E-state index in [0.717, 1.165) is 17.1 Å². The number of carboxylic acid groups (broad SMARTS) is 1. The van der Waals surface area contributed by atoms with Crippen LogP contribution in [0.2, 0.25) is 5.02 Å². The summed E-state index contributed by atoms with van der Waals surface area (Å²) in [6.07, 6.45) is 1.90. The summed E-state index contributed by atoms with van der Waals surface area (Å²) in [6.45, 7) is 3.67. The van der Waals surface area contributed by atoms with Gasteiger partial charge < -0.3 is 5.11 Å². The van der Waals surface area contributed by atoms with Gasteiger partial charge in [-0.1, -0.05) is 37.6 Å². The lowest BCUT2D eigenvalue weighted by Gasteiger charge is -2.10. The molecule has 0 amide bonds. The number of benzene rings is 2. The molecule has 8 heteroatoms. The molecule has 28 heavy (non-hydrogen) atoms. The summed E-state index contributed by atoms with van der Waals surface area (Å²) in [4.78, 5) is 26.1. The van der Waals surface area contributed by atoms with Crippen LogP contribution < -0.4 is 0 Å². The fraction of sp³-hybridized carbons (Fsp3) is 0.300. The number of halogens is 1. The number of imidazole rings is 1. The van der Waals surface area contributed by atoms with Crippen LogP contribution in [0.5, 0.6) is 0 Å². The summed E-state index contributed by atoms with van der Waals surface area (Å²) in [5.41, 5.74) is 2.99. The van der Waals surface area contributed by atoms with Gasteiger partial charge in [-0.25, -0.2) is 4.98 Å². The number of carbonyl (C=O) groups is 1. The summed E-state index contributed by atoms with van der Waals surface area (Å²) < 4.78 is 1.94. The number of aliphatic carboxylic acids is 1. The highest BCUT2D eigenvalue weighted by atomic mass is 35.5. The van der Waals surface area contributed by atoms with Crippen molar-refractivity contribution in [3.05, 3.63) is 62.9 Å². The van der Waals surface area contributed by atoms with E-state index in [-0.39, 0.29) is 16.6 Å². The molecule has 0 saturated carbocycles. The second-order valence-corrected chi connectivity index (χ2v) is 7.12. The highest BCUT2D eigenvalue weighted by Crippen LogP contribution is 2.32. The monoisotopic (exact) mass is 401 g/mol. The molecule has 0 bridgehead atoms. The van der Waals surface area contributed by atoms with Gasteiger partial charge in [0.2, 0.25) is 0 Å². The van der Waals surface area contributed by atoms with Crippen molar-refractivity contribution in [2.75, 3.05) is 0 Å². The molecule has 3 rings (SSSR count). The molecular weight excluding hydrogens is 382 g/mol. The molecule has 0 aliphatic carbocycles. The number of rotatable bonds is 7. The molecule has 7 nitrogen and oxygen atoms in total. The van der Waals surface area contributed by atoms with Gasteiger partial charge in [0.25, 0.3) is 5.69 Å². The molecule has 146 valence electrons. The minimum Gasteiger partial charge on any atom is -0.481 e. The van der Waals surface area contributed by atoms with Crippen LogP contribution in [0.25, 0.3) is 16.7 Å². The number of hydrogen-bond donors (Lipinski definition) is 1. The van der Waals surface area contributed by atoms with E-state index in [1.807, 2.05) is 35.8 Å². The first kappa shape index (κ1) is 19.8. The fourth-order valence-corrected chi connectivity index (χ4v) is 3.35. The number of aromatic nitrogens is 2. The van der Waals surface area contributed by atoms with Crippen molar-refractivity contribution in [3.8, 4) is 5.69 Å². The van der Waals surface area contributed by atoms with Gasteiger partial charge in [-0.15, -0.1) is 0 Å². The lowest BCUT2D eigenvalue weighted by atomic mass is 10.0. The first-order valence-electron chi connectivity index (χ1n) is 8.99.